The molecule has 2 saturated heterocycles. The Morgan fingerprint density at radius 2 is 1.89 bits per heavy atom. The number of carbonyl (C=O) groups is 1. The van der Waals surface area contributed by atoms with Gasteiger partial charge in [0.1, 0.15) is 5.76 Å². The minimum Gasteiger partial charge on any atom is -0.469 e. The zero-order valence-electron chi connectivity index (χ0n) is 16.5. The van der Waals surface area contributed by atoms with Crippen LogP contribution in [0.15, 0.2) is 16.7 Å². The Kier molecular flexibility index (Phi) is 4.55. The van der Waals surface area contributed by atoms with Crippen molar-refractivity contribution >= 4 is 5.91 Å². The molecule has 0 N–H and O–H groups in total. The zero-order valence-corrected chi connectivity index (χ0v) is 16.5. The van der Waals surface area contributed by atoms with Crippen LogP contribution in [0.2, 0.25) is 0 Å². The number of amides is 1. The van der Waals surface area contributed by atoms with Gasteiger partial charge >= 0.3 is 0 Å². The summed E-state index contributed by atoms with van der Waals surface area (Å²) in [5, 5.41) is 0. The van der Waals surface area contributed by atoms with E-state index in [2.05, 4.69) is 4.90 Å². The van der Waals surface area contributed by atoms with E-state index >= 15 is 0 Å². The van der Waals surface area contributed by atoms with Crippen LogP contribution in [0.4, 0.5) is 0 Å². The van der Waals surface area contributed by atoms with E-state index < -0.39 is 0 Å². The second-order valence-corrected chi connectivity index (χ2v) is 9.51. The van der Waals surface area contributed by atoms with Crippen molar-refractivity contribution in [1.82, 2.24) is 9.80 Å². The number of rotatable bonds is 7. The Labute approximate surface area is 162 Å². The van der Waals surface area contributed by atoms with Gasteiger partial charge in [-0.3, -0.25) is 9.69 Å². The molecule has 0 bridgehead atoms. The lowest BCUT2D eigenvalue weighted by molar-refractivity contribution is -0.0896. The van der Waals surface area contributed by atoms with Crippen LogP contribution in [0.1, 0.15) is 54.6 Å². The number of nitrogens with zero attached hydrogens (tertiary/aromatic N) is 2. The van der Waals surface area contributed by atoms with E-state index in [4.69, 9.17) is 9.15 Å². The van der Waals surface area contributed by atoms with Crippen LogP contribution < -0.4 is 0 Å². The molecule has 4 fully saturated rings. The molecule has 5 nitrogen and oxygen atoms in total. The first-order chi connectivity index (χ1) is 13.1. The fourth-order valence-electron chi connectivity index (χ4n) is 4.98. The highest BCUT2D eigenvalue weighted by atomic mass is 16.5. The molecule has 27 heavy (non-hydrogen) atoms. The van der Waals surface area contributed by atoms with E-state index in [1.807, 2.05) is 11.8 Å². The largest absolute Gasteiger partial charge is 0.469 e. The molecule has 2 saturated carbocycles. The minimum absolute atomic E-state index is 0.130. The minimum atomic E-state index is 0.130. The average Bonchev–Trinajstić information content (AvgIpc) is 3.55. The van der Waals surface area contributed by atoms with Crippen molar-refractivity contribution in [3.8, 4) is 0 Å². The molecule has 1 amide bonds. The summed E-state index contributed by atoms with van der Waals surface area (Å²) < 4.78 is 11.4. The van der Waals surface area contributed by atoms with Gasteiger partial charge in [0.2, 0.25) is 0 Å². The van der Waals surface area contributed by atoms with Gasteiger partial charge in [-0.15, -0.1) is 0 Å². The van der Waals surface area contributed by atoms with Crippen LogP contribution in [-0.2, 0) is 4.74 Å². The Morgan fingerprint density at radius 1 is 1.15 bits per heavy atom. The third kappa shape index (κ3) is 3.68. The lowest BCUT2D eigenvalue weighted by Gasteiger charge is -2.59. The molecule has 5 rings (SSSR count). The van der Waals surface area contributed by atoms with Crippen LogP contribution in [0, 0.1) is 24.7 Å². The maximum atomic E-state index is 12.8. The maximum absolute atomic E-state index is 12.8. The van der Waals surface area contributed by atoms with E-state index in [1.54, 1.807) is 12.3 Å². The first-order valence-electron chi connectivity index (χ1n) is 10.8. The topological polar surface area (TPSA) is 45.9 Å². The third-order valence-corrected chi connectivity index (χ3v) is 7.07. The van der Waals surface area contributed by atoms with Gasteiger partial charge in [-0.25, -0.2) is 0 Å². The van der Waals surface area contributed by atoms with Crippen LogP contribution in [0.5, 0.6) is 0 Å². The molecule has 5 heteroatoms. The molecular formula is C22H32N2O3. The fourth-order valence-corrected chi connectivity index (χ4v) is 4.98. The molecule has 1 spiro atoms. The van der Waals surface area contributed by atoms with Crippen molar-refractivity contribution < 1.29 is 13.9 Å². The summed E-state index contributed by atoms with van der Waals surface area (Å²) in [6.07, 6.45) is 9.52. The molecule has 0 radical (unpaired) electrons. The second kappa shape index (κ2) is 6.93. The van der Waals surface area contributed by atoms with Crippen LogP contribution in [0.3, 0.4) is 0 Å². The zero-order chi connectivity index (χ0) is 18.4. The van der Waals surface area contributed by atoms with Gasteiger partial charge in [0.15, 0.2) is 0 Å². The predicted octanol–water partition coefficient (Wildman–Crippen LogP) is 3.33. The van der Waals surface area contributed by atoms with Gasteiger partial charge < -0.3 is 14.1 Å². The lowest BCUT2D eigenvalue weighted by Crippen LogP contribution is -2.73. The quantitative estimate of drug-likeness (QED) is 0.736. The molecule has 1 aromatic rings. The van der Waals surface area contributed by atoms with Gasteiger partial charge in [0.05, 0.1) is 17.4 Å². The lowest BCUT2D eigenvalue weighted by atomic mass is 9.74. The molecule has 3 heterocycles. The summed E-state index contributed by atoms with van der Waals surface area (Å²) in [5.74, 6) is 3.23. The monoisotopic (exact) mass is 372 g/mol. The van der Waals surface area contributed by atoms with Gasteiger partial charge in [-0.1, -0.05) is 0 Å². The number of furan rings is 1. The van der Waals surface area contributed by atoms with E-state index in [0.717, 1.165) is 49.5 Å². The number of ether oxygens (including phenoxy) is 1. The van der Waals surface area contributed by atoms with Crippen LogP contribution in [-0.4, -0.2) is 60.6 Å². The smallest absolute Gasteiger partial charge is 0.257 e. The molecular weight excluding hydrogens is 340 g/mol. The van der Waals surface area contributed by atoms with Gasteiger partial charge in [-0.2, -0.15) is 0 Å². The molecule has 4 aliphatic rings. The summed E-state index contributed by atoms with van der Waals surface area (Å²) in [4.78, 5) is 17.6. The fraction of sp³-hybridized carbons (Fsp3) is 0.773. The van der Waals surface area contributed by atoms with Crippen molar-refractivity contribution in [3.05, 3.63) is 23.7 Å². The van der Waals surface area contributed by atoms with E-state index in [-0.39, 0.29) is 11.4 Å². The Hall–Kier alpha value is -1.33. The molecule has 2 aliphatic carbocycles. The maximum Gasteiger partial charge on any atom is 0.257 e. The first-order valence-corrected chi connectivity index (χ1v) is 10.8. The number of hydrogen-bond acceptors (Lipinski definition) is 4. The summed E-state index contributed by atoms with van der Waals surface area (Å²) >= 11 is 0. The Balaban J connectivity index is 1.22. The molecule has 148 valence electrons. The third-order valence-electron chi connectivity index (χ3n) is 7.07. The highest BCUT2D eigenvalue weighted by molar-refractivity contribution is 5.95. The number of hydrogen-bond donors (Lipinski definition) is 0. The molecule has 0 unspecified atom stereocenters. The SMILES string of the molecule is Cc1occc1C(=O)N1CC2(C[C@@H](COCC3CC3)CCN2CC2CC2)C1. The first kappa shape index (κ1) is 17.7. The predicted molar refractivity (Wildman–Crippen MR) is 103 cm³/mol. The van der Waals surface area contributed by atoms with E-state index in [9.17, 15) is 4.79 Å². The highest BCUT2D eigenvalue weighted by Gasteiger charge is 2.53. The van der Waals surface area contributed by atoms with E-state index in [1.165, 1.54) is 51.6 Å². The Morgan fingerprint density at radius 3 is 2.56 bits per heavy atom. The van der Waals surface area contributed by atoms with Gasteiger partial charge in [-0.05, 0) is 75.8 Å². The van der Waals surface area contributed by atoms with Crippen molar-refractivity contribution in [2.24, 2.45) is 17.8 Å². The van der Waals surface area contributed by atoms with Crippen molar-refractivity contribution in [2.45, 2.75) is 51.0 Å². The van der Waals surface area contributed by atoms with E-state index in [0.29, 0.717) is 5.92 Å². The molecule has 1 aromatic heterocycles. The van der Waals surface area contributed by atoms with Crippen LogP contribution in [0.25, 0.3) is 0 Å². The van der Waals surface area contributed by atoms with Gasteiger partial charge in [0.25, 0.3) is 5.91 Å². The summed E-state index contributed by atoms with van der Waals surface area (Å²) in [5.41, 5.74) is 0.903. The number of aryl methyl sites for hydroxylation is 1. The van der Waals surface area contributed by atoms with Crippen molar-refractivity contribution in [1.29, 1.82) is 0 Å². The summed E-state index contributed by atoms with van der Waals surface area (Å²) in [6, 6.07) is 1.81. The molecule has 2 aliphatic heterocycles. The Bertz CT molecular complexity index is 685. The highest BCUT2D eigenvalue weighted by Crippen LogP contribution is 2.43. The number of likely N-dealkylation sites (tertiary alicyclic amines) is 2. The second-order valence-electron chi connectivity index (χ2n) is 9.51. The van der Waals surface area contributed by atoms with Crippen molar-refractivity contribution in [3.63, 3.8) is 0 Å². The molecule has 1 atom stereocenters. The number of piperidine rings is 1. The summed E-state index contributed by atoms with van der Waals surface area (Å²) in [6.45, 7) is 7.85. The van der Waals surface area contributed by atoms with Gasteiger partial charge in [0, 0.05) is 32.8 Å². The standard InChI is InChI=1S/C22H32N2O3/c1-16-20(7-9-27-16)21(25)23-14-22(15-23)10-19(13-26-12-18-4-5-18)6-8-24(22)11-17-2-3-17/h7,9,17-19H,2-6,8,10-15H2,1H3/t19-/m0/s1. The van der Waals surface area contributed by atoms with Crippen molar-refractivity contribution in [2.75, 3.05) is 39.4 Å². The number of carbonyl (C=O) groups excluding carboxylic acids is 1. The average molecular weight is 373 g/mol. The summed E-state index contributed by atoms with van der Waals surface area (Å²) in [7, 11) is 0. The molecule has 0 aromatic carbocycles. The normalized spacial score (nSPS) is 27.7. The van der Waals surface area contributed by atoms with Crippen LogP contribution >= 0.6 is 0 Å².